The van der Waals surface area contributed by atoms with Crippen LogP contribution in [0.1, 0.15) is 0 Å². The maximum Gasteiger partial charge on any atom is 0.236 e. The highest BCUT2D eigenvalue weighted by Crippen LogP contribution is 2.25. The van der Waals surface area contributed by atoms with E-state index in [1.165, 1.54) is 12.4 Å². The van der Waals surface area contributed by atoms with E-state index in [9.17, 15) is 8.42 Å². The molecule has 4 heterocycles. The van der Waals surface area contributed by atoms with Crippen LogP contribution < -0.4 is 14.9 Å². The molecule has 2 N–H and O–H groups in total. The van der Waals surface area contributed by atoms with Gasteiger partial charge in [0.2, 0.25) is 21.9 Å². The van der Waals surface area contributed by atoms with Crippen molar-refractivity contribution in [2.24, 2.45) is 0 Å². The van der Waals surface area contributed by atoms with E-state index < -0.39 is 10.0 Å². The third-order valence-corrected chi connectivity index (χ3v) is 6.24. The van der Waals surface area contributed by atoms with Crippen molar-refractivity contribution in [1.82, 2.24) is 29.8 Å². The van der Waals surface area contributed by atoms with Crippen LogP contribution in [0.5, 0.6) is 0 Å². The zero-order valence-electron chi connectivity index (χ0n) is 16.9. The van der Waals surface area contributed by atoms with Gasteiger partial charge >= 0.3 is 0 Å². The summed E-state index contributed by atoms with van der Waals surface area (Å²) in [4.78, 5) is 25.5. The van der Waals surface area contributed by atoms with Gasteiger partial charge in [-0.3, -0.25) is 4.72 Å². The molecular weight excluding hydrogens is 442 g/mol. The molecule has 164 valence electrons. The minimum absolute atomic E-state index is 0.0326. The summed E-state index contributed by atoms with van der Waals surface area (Å²) in [6, 6.07) is 3.27. The largest absolute Gasteiger partial charge is 0.368 e. The average Bonchev–Trinajstić information content (AvgIpc) is 2.74. The Kier molecular flexibility index (Phi) is 6.30. The highest BCUT2D eigenvalue weighted by Gasteiger charge is 2.19. The summed E-state index contributed by atoms with van der Waals surface area (Å²) < 4.78 is 27.0. The van der Waals surface area contributed by atoms with Gasteiger partial charge in [-0.25, -0.2) is 28.4 Å². The second-order valence-electron chi connectivity index (χ2n) is 7.11. The lowest BCUT2D eigenvalue weighted by atomic mass is 10.3. The molecule has 3 aromatic rings. The first-order chi connectivity index (χ1) is 14.9. The Balaban J connectivity index is 1.52. The Hall–Kier alpha value is -2.83. The average molecular weight is 464 g/mol. The molecule has 11 nitrogen and oxygen atoms in total. The number of sulfonamides is 1. The number of rotatable bonds is 7. The molecule has 0 aromatic carbocycles. The van der Waals surface area contributed by atoms with Gasteiger partial charge < -0.3 is 15.1 Å². The maximum atomic E-state index is 12.3. The van der Waals surface area contributed by atoms with Gasteiger partial charge in [0.1, 0.15) is 11.0 Å². The number of halogens is 1. The topological polar surface area (TPSA) is 129 Å². The van der Waals surface area contributed by atoms with Crippen molar-refractivity contribution in [3.63, 3.8) is 0 Å². The molecule has 0 saturated carbocycles. The minimum atomic E-state index is -3.64. The number of piperazine rings is 1. The summed E-state index contributed by atoms with van der Waals surface area (Å²) in [5.74, 6) is 0.921. The molecule has 1 aliphatic rings. The quantitative estimate of drug-likeness (QED) is 0.491. The summed E-state index contributed by atoms with van der Waals surface area (Å²) in [5, 5.41) is 4.09. The van der Waals surface area contributed by atoms with Crippen LogP contribution in [0.15, 0.2) is 30.7 Å². The zero-order valence-corrected chi connectivity index (χ0v) is 18.4. The summed E-state index contributed by atoms with van der Waals surface area (Å²) >= 11 is 6.06. The number of pyridine rings is 1. The predicted octanol–water partition coefficient (Wildman–Crippen LogP) is 1.07. The van der Waals surface area contributed by atoms with Crippen molar-refractivity contribution in [3.8, 4) is 0 Å². The van der Waals surface area contributed by atoms with Crippen LogP contribution in [-0.4, -0.2) is 83.8 Å². The van der Waals surface area contributed by atoms with E-state index >= 15 is 0 Å². The van der Waals surface area contributed by atoms with Crippen molar-refractivity contribution in [2.75, 3.05) is 60.5 Å². The fourth-order valence-electron chi connectivity index (χ4n) is 3.12. The molecule has 0 atom stereocenters. The molecule has 0 radical (unpaired) electrons. The van der Waals surface area contributed by atoms with E-state index in [1.807, 2.05) is 0 Å². The fraction of sp³-hybridized carbons (Fsp3) is 0.389. The van der Waals surface area contributed by atoms with Gasteiger partial charge in [-0.15, -0.1) is 0 Å². The lowest BCUT2D eigenvalue weighted by Gasteiger charge is -2.32. The number of anilines is 3. The van der Waals surface area contributed by atoms with E-state index in [2.05, 4.69) is 51.8 Å². The molecule has 3 aromatic heterocycles. The summed E-state index contributed by atoms with van der Waals surface area (Å²) in [5.41, 5.74) is 0.634. The van der Waals surface area contributed by atoms with E-state index in [4.69, 9.17) is 11.6 Å². The number of hydrogen-bond acceptors (Lipinski definition) is 10. The third kappa shape index (κ3) is 5.46. The number of likely N-dealkylation sites (N-methyl/N-ethyl adjacent to an activating group) is 1. The number of nitrogens with one attached hydrogen (secondary N) is 2. The Labute approximate surface area is 185 Å². The van der Waals surface area contributed by atoms with Gasteiger partial charge in [-0.05, 0) is 19.2 Å². The van der Waals surface area contributed by atoms with Crippen molar-refractivity contribution >= 4 is 50.2 Å². The Morgan fingerprint density at radius 1 is 1.10 bits per heavy atom. The summed E-state index contributed by atoms with van der Waals surface area (Å²) in [6.45, 7) is 3.55. The highest BCUT2D eigenvalue weighted by atomic mass is 35.5. The number of fused-ring (bicyclic) bond motifs is 1. The predicted molar refractivity (Wildman–Crippen MR) is 120 cm³/mol. The first kappa shape index (κ1) is 21.4. The van der Waals surface area contributed by atoms with E-state index in [-0.39, 0.29) is 18.2 Å². The van der Waals surface area contributed by atoms with Crippen LogP contribution in [0.3, 0.4) is 0 Å². The number of aromatic nitrogens is 5. The first-order valence-corrected chi connectivity index (χ1v) is 11.7. The Morgan fingerprint density at radius 3 is 2.58 bits per heavy atom. The van der Waals surface area contributed by atoms with Gasteiger partial charge in [0.25, 0.3) is 0 Å². The van der Waals surface area contributed by atoms with Crippen LogP contribution in [0.2, 0.25) is 5.15 Å². The molecule has 0 unspecified atom stereocenters. The van der Waals surface area contributed by atoms with Crippen LogP contribution in [-0.2, 0) is 10.0 Å². The van der Waals surface area contributed by atoms with Crippen molar-refractivity contribution in [2.45, 2.75) is 0 Å². The van der Waals surface area contributed by atoms with E-state index in [0.29, 0.717) is 27.8 Å². The molecule has 0 aliphatic carbocycles. The van der Waals surface area contributed by atoms with Crippen LogP contribution in [0, 0.1) is 0 Å². The highest BCUT2D eigenvalue weighted by molar-refractivity contribution is 7.92. The molecule has 1 fully saturated rings. The van der Waals surface area contributed by atoms with Gasteiger partial charge in [0, 0.05) is 50.5 Å². The lowest BCUT2D eigenvalue weighted by Crippen LogP contribution is -2.45. The van der Waals surface area contributed by atoms with Crippen LogP contribution in [0.25, 0.3) is 10.9 Å². The van der Waals surface area contributed by atoms with Crippen molar-refractivity contribution < 1.29 is 8.42 Å². The Morgan fingerprint density at radius 2 is 1.84 bits per heavy atom. The second-order valence-corrected chi connectivity index (χ2v) is 9.34. The second kappa shape index (κ2) is 9.12. The molecule has 13 heteroatoms. The number of hydrogen-bond donors (Lipinski definition) is 2. The maximum absolute atomic E-state index is 12.3. The fourth-order valence-corrected chi connectivity index (χ4v) is 4.14. The number of nitrogens with zero attached hydrogens (tertiary/aromatic N) is 7. The van der Waals surface area contributed by atoms with Gasteiger partial charge in [-0.1, -0.05) is 11.6 Å². The molecule has 1 saturated heterocycles. The lowest BCUT2D eigenvalue weighted by molar-refractivity contribution is 0.311. The summed E-state index contributed by atoms with van der Waals surface area (Å²) in [6.07, 6.45) is 4.52. The monoisotopic (exact) mass is 463 g/mol. The standard InChI is InChI=1S/C18H22ClN9O2S/c1-27-6-8-28(9-7-27)18-24-14-12-23-15(19)11-13(14)16(25-18)20-5-10-31(29,30)26-17-21-3-2-4-22-17/h2-4,11-12H,5-10H2,1H3,(H,20,24,25)(H,21,22,26). The van der Waals surface area contributed by atoms with Crippen molar-refractivity contribution in [3.05, 3.63) is 35.9 Å². The molecule has 31 heavy (non-hydrogen) atoms. The molecule has 1 aliphatic heterocycles. The van der Waals surface area contributed by atoms with E-state index in [0.717, 1.165) is 26.2 Å². The zero-order chi connectivity index (χ0) is 21.8. The Bertz CT molecular complexity index is 1160. The van der Waals surface area contributed by atoms with Gasteiger partial charge in [0.15, 0.2) is 0 Å². The minimum Gasteiger partial charge on any atom is -0.368 e. The van der Waals surface area contributed by atoms with Gasteiger partial charge in [0.05, 0.1) is 17.5 Å². The summed E-state index contributed by atoms with van der Waals surface area (Å²) in [7, 11) is -1.56. The molecule has 0 bridgehead atoms. The molecule has 0 spiro atoms. The smallest absolute Gasteiger partial charge is 0.236 e. The first-order valence-electron chi connectivity index (χ1n) is 9.68. The van der Waals surface area contributed by atoms with Gasteiger partial charge in [-0.2, -0.15) is 4.98 Å². The van der Waals surface area contributed by atoms with Crippen LogP contribution >= 0.6 is 11.6 Å². The molecular formula is C18H22ClN9O2S. The normalized spacial score (nSPS) is 15.2. The molecule has 4 rings (SSSR count). The SMILES string of the molecule is CN1CCN(c2nc(NCCS(=O)(=O)Nc3ncccn3)c3cc(Cl)ncc3n2)CC1. The third-order valence-electron chi connectivity index (χ3n) is 4.80. The van der Waals surface area contributed by atoms with Crippen LogP contribution in [0.4, 0.5) is 17.7 Å². The van der Waals surface area contributed by atoms with Crippen molar-refractivity contribution in [1.29, 1.82) is 0 Å². The molecule has 0 amide bonds. The van der Waals surface area contributed by atoms with E-state index in [1.54, 1.807) is 18.3 Å².